The molecule has 1 rings (SSSR count). The Morgan fingerprint density at radius 2 is 2.19 bits per heavy atom. The maximum atomic E-state index is 9.05. The highest BCUT2D eigenvalue weighted by Gasteiger charge is 2.21. The number of nitrogens with zero attached hydrogens (tertiary/aromatic N) is 1. The van der Waals surface area contributed by atoms with Crippen LogP contribution >= 0.6 is 0 Å². The molecule has 1 unspecified atom stereocenters. The summed E-state index contributed by atoms with van der Waals surface area (Å²) in [4.78, 5) is 2.46. The first-order chi connectivity index (χ1) is 7.81. The van der Waals surface area contributed by atoms with Crippen LogP contribution in [0.5, 0.6) is 0 Å². The van der Waals surface area contributed by atoms with E-state index in [0.717, 1.165) is 19.5 Å². The SMILES string of the molecule is C=C/C=C(\C=C)CN1CCCCC1CCO. The molecule has 1 fully saturated rings. The van der Waals surface area contributed by atoms with Gasteiger partial charge in [-0.25, -0.2) is 0 Å². The Hall–Kier alpha value is -0.860. The van der Waals surface area contributed by atoms with Gasteiger partial charge in [-0.1, -0.05) is 37.8 Å². The smallest absolute Gasteiger partial charge is 0.0445 e. The highest BCUT2D eigenvalue weighted by Crippen LogP contribution is 2.20. The van der Waals surface area contributed by atoms with Gasteiger partial charge in [0.2, 0.25) is 0 Å². The number of hydrogen-bond donors (Lipinski definition) is 1. The highest BCUT2D eigenvalue weighted by molar-refractivity contribution is 5.22. The first kappa shape index (κ1) is 13.2. The van der Waals surface area contributed by atoms with E-state index in [-0.39, 0.29) is 6.61 Å². The minimum Gasteiger partial charge on any atom is -0.396 e. The molecule has 0 amide bonds. The second kappa shape index (κ2) is 7.42. The molecule has 16 heavy (non-hydrogen) atoms. The van der Waals surface area contributed by atoms with E-state index in [4.69, 9.17) is 5.11 Å². The third-order valence-corrected chi connectivity index (χ3v) is 3.19. The molecule has 0 radical (unpaired) electrons. The molecule has 1 aliphatic heterocycles. The minimum atomic E-state index is 0.287. The van der Waals surface area contributed by atoms with E-state index in [1.807, 2.05) is 18.2 Å². The number of piperidine rings is 1. The lowest BCUT2D eigenvalue weighted by molar-refractivity contribution is 0.130. The number of likely N-dealkylation sites (tertiary alicyclic amines) is 1. The van der Waals surface area contributed by atoms with Gasteiger partial charge in [0.05, 0.1) is 0 Å². The van der Waals surface area contributed by atoms with Crippen molar-refractivity contribution in [2.45, 2.75) is 31.7 Å². The Balaban J connectivity index is 2.57. The standard InChI is InChI=1S/C14H23NO/c1-3-7-13(4-2)12-15-10-6-5-8-14(15)9-11-16/h3-4,7,14,16H,1-2,5-6,8-12H2/b13-7+. The summed E-state index contributed by atoms with van der Waals surface area (Å²) in [6.45, 7) is 9.89. The Bertz CT molecular complexity index is 255. The van der Waals surface area contributed by atoms with Crippen molar-refractivity contribution in [3.63, 3.8) is 0 Å². The van der Waals surface area contributed by atoms with Gasteiger partial charge in [0.15, 0.2) is 0 Å². The van der Waals surface area contributed by atoms with Crippen LogP contribution in [0.3, 0.4) is 0 Å². The number of allylic oxidation sites excluding steroid dienone is 2. The molecular weight excluding hydrogens is 198 g/mol. The Morgan fingerprint density at radius 3 is 2.81 bits per heavy atom. The van der Waals surface area contributed by atoms with E-state index in [9.17, 15) is 0 Å². The Morgan fingerprint density at radius 1 is 1.38 bits per heavy atom. The first-order valence-corrected chi connectivity index (χ1v) is 6.10. The summed E-state index contributed by atoms with van der Waals surface area (Å²) in [7, 11) is 0. The highest BCUT2D eigenvalue weighted by atomic mass is 16.3. The van der Waals surface area contributed by atoms with Gasteiger partial charge in [-0.15, -0.1) is 0 Å². The fourth-order valence-electron chi connectivity index (χ4n) is 2.32. The molecule has 0 aromatic carbocycles. The maximum absolute atomic E-state index is 9.05. The number of hydrogen-bond acceptors (Lipinski definition) is 2. The quantitative estimate of drug-likeness (QED) is 0.697. The molecule has 0 spiro atoms. The van der Waals surface area contributed by atoms with Crippen LogP contribution in [0.2, 0.25) is 0 Å². The summed E-state index contributed by atoms with van der Waals surface area (Å²) in [6.07, 6.45) is 10.4. The van der Waals surface area contributed by atoms with Crippen LogP contribution in [-0.2, 0) is 0 Å². The van der Waals surface area contributed by atoms with Gasteiger partial charge >= 0.3 is 0 Å². The molecule has 90 valence electrons. The van der Waals surface area contributed by atoms with Gasteiger partial charge in [0.1, 0.15) is 0 Å². The van der Waals surface area contributed by atoms with Crippen LogP contribution in [0.25, 0.3) is 0 Å². The normalized spacial score (nSPS) is 23.1. The monoisotopic (exact) mass is 221 g/mol. The van der Waals surface area contributed by atoms with Crippen molar-refractivity contribution in [2.24, 2.45) is 0 Å². The van der Waals surface area contributed by atoms with Crippen molar-refractivity contribution in [2.75, 3.05) is 19.7 Å². The second-order valence-electron chi connectivity index (χ2n) is 4.31. The number of rotatable bonds is 6. The lowest BCUT2D eigenvalue weighted by Gasteiger charge is -2.35. The van der Waals surface area contributed by atoms with E-state index in [2.05, 4.69) is 18.1 Å². The van der Waals surface area contributed by atoms with Crippen molar-refractivity contribution in [3.05, 3.63) is 37.0 Å². The van der Waals surface area contributed by atoms with Crippen LogP contribution in [0.4, 0.5) is 0 Å². The largest absolute Gasteiger partial charge is 0.396 e. The van der Waals surface area contributed by atoms with E-state index in [1.165, 1.54) is 24.8 Å². The average molecular weight is 221 g/mol. The van der Waals surface area contributed by atoms with Crippen LogP contribution in [0.1, 0.15) is 25.7 Å². The van der Waals surface area contributed by atoms with Crippen molar-refractivity contribution in [3.8, 4) is 0 Å². The Kier molecular flexibility index (Phi) is 6.12. The van der Waals surface area contributed by atoms with Crippen LogP contribution in [-0.4, -0.2) is 35.7 Å². The molecule has 0 aromatic rings. The molecule has 1 aliphatic rings. The van der Waals surface area contributed by atoms with Crippen molar-refractivity contribution in [1.29, 1.82) is 0 Å². The maximum Gasteiger partial charge on any atom is 0.0445 e. The minimum absolute atomic E-state index is 0.287. The molecule has 1 atom stereocenters. The summed E-state index contributed by atoms with van der Waals surface area (Å²) >= 11 is 0. The lowest BCUT2D eigenvalue weighted by atomic mass is 9.99. The third-order valence-electron chi connectivity index (χ3n) is 3.19. The van der Waals surface area contributed by atoms with Gasteiger partial charge in [-0.3, -0.25) is 4.90 Å². The fourth-order valence-corrected chi connectivity index (χ4v) is 2.32. The zero-order chi connectivity index (χ0) is 11.8. The molecule has 0 saturated carbocycles. The summed E-state index contributed by atoms with van der Waals surface area (Å²) in [5, 5.41) is 9.05. The molecule has 2 nitrogen and oxygen atoms in total. The molecule has 0 aliphatic carbocycles. The lowest BCUT2D eigenvalue weighted by Crippen LogP contribution is -2.41. The summed E-state index contributed by atoms with van der Waals surface area (Å²) in [5.74, 6) is 0. The zero-order valence-electron chi connectivity index (χ0n) is 10.1. The molecule has 0 aromatic heterocycles. The molecular formula is C14H23NO. The van der Waals surface area contributed by atoms with Crippen molar-refractivity contribution < 1.29 is 5.11 Å². The van der Waals surface area contributed by atoms with Crippen LogP contribution in [0, 0.1) is 0 Å². The fraction of sp³-hybridized carbons (Fsp3) is 0.571. The van der Waals surface area contributed by atoms with Gasteiger partial charge in [0.25, 0.3) is 0 Å². The predicted octanol–water partition coefficient (Wildman–Crippen LogP) is 2.52. The number of aliphatic hydroxyl groups excluding tert-OH is 1. The van der Waals surface area contributed by atoms with Gasteiger partial charge in [-0.2, -0.15) is 0 Å². The van der Waals surface area contributed by atoms with Crippen molar-refractivity contribution >= 4 is 0 Å². The summed E-state index contributed by atoms with van der Waals surface area (Å²) in [5.41, 5.74) is 1.21. The average Bonchev–Trinajstić information content (AvgIpc) is 2.31. The topological polar surface area (TPSA) is 23.5 Å². The van der Waals surface area contributed by atoms with Crippen molar-refractivity contribution in [1.82, 2.24) is 4.90 Å². The predicted molar refractivity (Wildman–Crippen MR) is 69.4 cm³/mol. The molecule has 0 bridgehead atoms. The number of aliphatic hydroxyl groups is 1. The zero-order valence-corrected chi connectivity index (χ0v) is 10.1. The van der Waals surface area contributed by atoms with Gasteiger partial charge in [-0.05, 0) is 31.4 Å². The summed E-state index contributed by atoms with van der Waals surface area (Å²) in [6, 6.07) is 0.534. The Labute approximate surface area is 99.0 Å². The van der Waals surface area contributed by atoms with E-state index >= 15 is 0 Å². The first-order valence-electron chi connectivity index (χ1n) is 6.10. The van der Waals surface area contributed by atoms with Gasteiger partial charge < -0.3 is 5.11 Å². The van der Waals surface area contributed by atoms with E-state index < -0.39 is 0 Å². The van der Waals surface area contributed by atoms with Crippen LogP contribution < -0.4 is 0 Å². The van der Waals surface area contributed by atoms with E-state index in [1.54, 1.807) is 0 Å². The molecule has 2 heteroatoms. The molecule has 1 N–H and O–H groups in total. The second-order valence-corrected chi connectivity index (χ2v) is 4.31. The van der Waals surface area contributed by atoms with E-state index in [0.29, 0.717) is 6.04 Å². The third kappa shape index (κ3) is 3.95. The molecule has 1 heterocycles. The molecule has 1 saturated heterocycles. The summed E-state index contributed by atoms with van der Waals surface area (Å²) < 4.78 is 0. The van der Waals surface area contributed by atoms with Gasteiger partial charge in [0, 0.05) is 19.2 Å². The van der Waals surface area contributed by atoms with Crippen LogP contribution in [0.15, 0.2) is 37.0 Å².